The van der Waals surface area contributed by atoms with Crippen molar-refractivity contribution in [2.45, 2.75) is 13.3 Å². The van der Waals surface area contributed by atoms with E-state index in [2.05, 4.69) is 4.98 Å². The number of rotatable bonds is 3. The number of Topliss-reactive ketones (excluding diaryl/α,β-unsaturated/α-hetero) is 1. The molecular formula is C14H11FN2O2S. The van der Waals surface area contributed by atoms with Crippen molar-refractivity contribution in [1.82, 2.24) is 4.98 Å². The third-order valence-corrected chi connectivity index (χ3v) is 4.34. The second-order valence-electron chi connectivity index (χ2n) is 4.53. The molecule has 6 heteroatoms. The minimum atomic E-state index is -0.660. The first-order valence-electron chi connectivity index (χ1n) is 6.13. The standard InChI is InChI=1S/C14H11FN2O2S/c1-8-11(20-7-16-8)5-6-17-12-9(13(18)14(17)19)3-2-4-10(12)15/h2-4,7H,5-6H2,1H3. The van der Waals surface area contributed by atoms with Gasteiger partial charge in [-0.05, 0) is 19.1 Å². The van der Waals surface area contributed by atoms with Crippen LogP contribution in [0.1, 0.15) is 20.9 Å². The first kappa shape index (κ1) is 12.9. The van der Waals surface area contributed by atoms with Gasteiger partial charge in [-0.15, -0.1) is 11.3 Å². The van der Waals surface area contributed by atoms with Gasteiger partial charge in [0.05, 0.1) is 22.5 Å². The first-order valence-corrected chi connectivity index (χ1v) is 7.01. The number of fused-ring (bicyclic) bond motifs is 1. The Morgan fingerprint density at radius 2 is 2.15 bits per heavy atom. The topological polar surface area (TPSA) is 50.3 Å². The summed E-state index contributed by atoms with van der Waals surface area (Å²) in [7, 11) is 0. The molecule has 2 heterocycles. The molecule has 3 rings (SSSR count). The predicted octanol–water partition coefficient (Wildman–Crippen LogP) is 2.36. The van der Waals surface area contributed by atoms with Crippen molar-refractivity contribution in [1.29, 1.82) is 0 Å². The van der Waals surface area contributed by atoms with Gasteiger partial charge in [-0.1, -0.05) is 6.07 Å². The summed E-state index contributed by atoms with van der Waals surface area (Å²) in [5, 5.41) is 0. The summed E-state index contributed by atoms with van der Waals surface area (Å²) in [5.74, 6) is -1.84. The molecule has 0 saturated carbocycles. The number of carbonyl (C=O) groups excluding carboxylic acids is 2. The van der Waals surface area contributed by atoms with Gasteiger partial charge in [0.1, 0.15) is 5.82 Å². The smallest absolute Gasteiger partial charge is 0.299 e. The third kappa shape index (κ3) is 1.92. The minimum absolute atomic E-state index is 0.102. The van der Waals surface area contributed by atoms with E-state index in [1.165, 1.54) is 34.4 Å². The van der Waals surface area contributed by atoms with Crippen molar-refractivity contribution < 1.29 is 14.0 Å². The number of amides is 1. The normalized spacial score (nSPS) is 14.0. The Kier molecular flexibility index (Phi) is 3.10. The highest BCUT2D eigenvalue weighted by atomic mass is 32.1. The zero-order chi connectivity index (χ0) is 14.3. The lowest BCUT2D eigenvalue weighted by atomic mass is 10.1. The van der Waals surface area contributed by atoms with E-state index in [1.807, 2.05) is 6.92 Å². The molecule has 0 spiro atoms. The maximum Gasteiger partial charge on any atom is 0.299 e. The average molecular weight is 290 g/mol. The summed E-state index contributed by atoms with van der Waals surface area (Å²) in [5.41, 5.74) is 2.89. The Balaban J connectivity index is 1.90. The number of anilines is 1. The molecule has 1 aromatic heterocycles. The molecule has 0 N–H and O–H groups in total. The zero-order valence-electron chi connectivity index (χ0n) is 10.7. The summed E-state index contributed by atoms with van der Waals surface area (Å²) in [4.78, 5) is 30.2. The van der Waals surface area contributed by atoms with E-state index in [1.54, 1.807) is 5.51 Å². The Labute approximate surface area is 118 Å². The quantitative estimate of drug-likeness (QED) is 0.815. The van der Waals surface area contributed by atoms with Gasteiger partial charge >= 0.3 is 0 Å². The highest BCUT2D eigenvalue weighted by Crippen LogP contribution is 2.31. The molecule has 2 aromatic rings. The van der Waals surface area contributed by atoms with Crippen molar-refractivity contribution in [3.05, 3.63) is 45.7 Å². The van der Waals surface area contributed by atoms with Gasteiger partial charge in [0.15, 0.2) is 0 Å². The SMILES string of the molecule is Cc1ncsc1CCN1C(=O)C(=O)c2cccc(F)c21. The van der Waals surface area contributed by atoms with E-state index in [4.69, 9.17) is 0 Å². The van der Waals surface area contributed by atoms with Gasteiger partial charge in [-0.25, -0.2) is 9.37 Å². The Morgan fingerprint density at radius 3 is 2.85 bits per heavy atom. The summed E-state index contributed by atoms with van der Waals surface area (Å²) < 4.78 is 13.9. The van der Waals surface area contributed by atoms with Gasteiger partial charge in [-0.3, -0.25) is 9.59 Å². The lowest BCUT2D eigenvalue weighted by Crippen LogP contribution is -2.32. The van der Waals surface area contributed by atoms with E-state index >= 15 is 0 Å². The van der Waals surface area contributed by atoms with E-state index in [9.17, 15) is 14.0 Å². The number of carbonyl (C=O) groups is 2. The average Bonchev–Trinajstić information content (AvgIpc) is 2.94. The van der Waals surface area contributed by atoms with Crippen molar-refractivity contribution >= 4 is 28.7 Å². The number of benzene rings is 1. The number of hydrogen-bond donors (Lipinski definition) is 0. The largest absolute Gasteiger partial charge is 0.302 e. The van der Waals surface area contributed by atoms with Crippen LogP contribution >= 0.6 is 11.3 Å². The maximum atomic E-state index is 13.9. The molecule has 1 aromatic carbocycles. The second kappa shape index (κ2) is 4.79. The zero-order valence-corrected chi connectivity index (χ0v) is 11.5. The molecule has 4 nitrogen and oxygen atoms in total. The van der Waals surface area contributed by atoms with E-state index in [0.717, 1.165) is 10.6 Å². The number of aryl methyl sites for hydroxylation is 1. The Hall–Kier alpha value is -2.08. The third-order valence-electron chi connectivity index (χ3n) is 3.35. The molecule has 102 valence electrons. The molecule has 0 saturated heterocycles. The fourth-order valence-electron chi connectivity index (χ4n) is 2.31. The molecule has 20 heavy (non-hydrogen) atoms. The fraction of sp³-hybridized carbons (Fsp3) is 0.214. The van der Waals surface area contributed by atoms with Crippen LogP contribution in [0.2, 0.25) is 0 Å². The Morgan fingerprint density at radius 1 is 1.35 bits per heavy atom. The van der Waals surface area contributed by atoms with Gasteiger partial charge in [0.25, 0.3) is 11.7 Å². The fourth-order valence-corrected chi connectivity index (χ4v) is 3.08. The molecular weight excluding hydrogens is 279 g/mol. The van der Waals surface area contributed by atoms with Gasteiger partial charge in [0.2, 0.25) is 0 Å². The molecule has 0 aliphatic carbocycles. The van der Waals surface area contributed by atoms with Crippen molar-refractivity contribution in [3.8, 4) is 0 Å². The van der Waals surface area contributed by atoms with Crippen LogP contribution in [0.3, 0.4) is 0 Å². The van der Waals surface area contributed by atoms with E-state index in [-0.39, 0.29) is 17.8 Å². The van der Waals surface area contributed by atoms with Crippen molar-refractivity contribution in [2.24, 2.45) is 0 Å². The number of nitrogens with zero attached hydrogens (tertiary/aromatic N) is 2. The number of hydrogen-bond acceptors (Lipinski definition) is 4. The first-order chi connectivity index (χ1) is 9.59. The number of ketones is 1. The maximum absolute atomic E-state index is 13.9. The second-order valence-corrected chi connectivity index (χ2v) is 5.47. The molecule has 0 fully saturated rings. The molecule has 1 aliphatic rings. The van der Waals surface area contributed by atoms with Crippen LogP contribution in [0, 0.1) is 12.7 Å². The minimum Gasteiger partial charge on any atom is -0.302 e. The van der Waals surface area contributed by atoms with Gasteiger partial charge in [0, 0.05) is 17.8 Å². The summed E-state index contributed by atoms with van der Waals surface area (Å²) in [6.07, 6.45) is 0.559. The summed E-state index contributed by atoms with van der Waals surface area (Å²) in [6.45, 7) is 2.17. The Bertz CT molecular complexity index is 711. The highest BCUT2D eigenvalue weighted by Gasteiger charge is 2.37. The number of para-hydroxylation sites is 1. The number of aromatic nitrogens is 1. The molecule has 0 radical (unpaired) electrons. The van der Waals surface area contributed by atoms with Crippen LogP contribution < -0.4 is 4.90 Å². The summed E-state index contributed by atoms with van der Waals surface area (Å²) in [6, 6.07) is 4.18. The lowest BCUT2D eigenvalue weighted by molar-refractivity contribution is -0.114. The van der Waals surface area contributed by atoms with Crippen LogP contribution in [0.5, 0.6) is 0 Å². The highest BCUT2D eigenvalue weighted by molar-refractivity contribution is 7.09. The van der Waals surface area contributed by atoms with Crippen LogP contribution in [0.25, 0.3) is 0 Å². The van der Waals surface area contributed by atoms with Crippen molar-refractivity contribution in [2.75, 3.05) is 11.4 Å². The monoisotopic (exact) mass is 290 g/mol. The van der Waals surface area contributed by atoms with E-state index in [0.29, 0.717) is 6.42 Å². The van der Waals surface area contributed by atoms with Crippen LogP contribution in [0.15, 0.2) is 23.7 Å². The van der Waals surface area contributed by atoms with E-state index < -0.39 is 17.5 Å². The number of halogens is 1. The van der Waals surface area contributed by atoms with Crippen molar-refractivity contribution in [3.63, 3.8) is 0 Å². The molecule has 0 unspecified atom stereocenters. The predicted molar refractivity (Wildman–Crippen MR) is 73.6 cm³/mol. The van der Waals surface area contributed by atoms with Crippen LogP contribution in [0.4, 0.5) is 10.1 Å². The molecule has 1 amide bonds. The van der Waals surface area contributed by atoms with Gasteiger partial charge < -0.3 is 4.90 Å². The van der Waals surface area contributed by atoms with Crippen LogP contribution in [-0.2, 0) is 11.2 Å². The molecule has 1 aliphatic heterocycles. The van der Waals surface area contributed by atoms with Crippen LogP contribution in [-0.4, -0.2) is 23.2 Å². The molecule has 0 atom stereocenters. The molecule has 0 bridgehead atoms. The lowest BCUT2D eigenvalue weighted by Gasteiger charge is -2.16. The number of thiazole rings is 1. The van der Waals surface area contributed by atoms with Gasteiger partial charge in [-0.2, -0.15) is 0 Å². The summed E-state index contributed by atoms with van der Waals surface area (Å²) >= 11 is 1.49.